The van der Waals surface area contributed by atoms with Crippen molar-refractivity contribution >= 4 is 23.4 Å². The molecule has 2 amide bonds. The second-order valence-electron chi connectivity index (χ2n) is 7.05. The van der Waals surface area contributed by atoms with E-state index in [4.69, 9.17) is 10.5 Å². The maximum atomic E-state index is 12.6. The summed E-state index contributed by atoms with van der Waals surface area (Å²) in [6.45, 7) is 2.59. The Balaban J connectivity index is 1.56. The van der Waals surface area contributed by atoms with E-state index in [-0.39, 0.29) is 23.7 Å². The standard InChI is InChI=1S/C21H23F3N4O2/c1-2-13(11-18-12-30-19(25)26-18)14-3-7-16(8-4-14)27-20(29)28-17-9-5-15(6-10-17)21(22,23)24/h3-10,13,18H,2,11-12H2,1H3,(H2,25,26)(H2,27,28,29)/t13-,18?/m0/s1. The number of urea groups is 1. The molecule has 1 heterocycles. The number of hydrogen-bond donors (Lipinski definition) is 3. The van der Waals surface area contributed by atoms with Crippen molar-refractivity contribution in [3.8, 4) is 0 Å². The fourth-order valence-corrected chi connectivity index (χ4v) is 3.30. The lowest BCUT2D eigenvalue weighted by molar-refractivity contribution is -0.137. The number of alkyl halides is 3. The minimum absolute atomic E-state index is 0.0438. The van der Waals surface area contributed by atoms with Gasteiger partial charge in [0.2, 0.25) is 0 Å². The highest BCUT2D eigenvalue weighted by molar-refractivity contribution is 5.99. The highest BCUT2D eigenvalue weighted by Crippen LogP contribution is 2.30. The number of aliphatic imine (C=N–C) groups is 1. The number of nitrogens with one attached hydrogen (secondary N) is 2. The molecule has 160 valence electrons. The van der Waals surface area contributed by atoms with Crippen molar-refractivity contribution in [1.29, 1.82) is 0 Å². The van der Waals surface area contributed by atoms with Crippen LogP contribution in [0, 0.1) is 0 Å². The summed E-state index contributed by atoms with van der Waals surface area (Å²) in [5.74, 6) is 0.281. The van der Waals surface area contributed by atoms with E-state index < -0.39 is 17.8 Å². The van der Waals surface area contributed by atoms with Crippen molar-refractivity contribution in [3.05, 3.63) is 59.7 Å². The number of nitrogens with zero attached hydrogens (tertiary/aromatic N) is 1. The Labute approximate surface area is 172 Å². The molecule has 6 nitrogen and oxygen atoms in total. The van der Waals surface area contributed by atoms with Gasteiger partial charge in [0.05, 0.1) is 11.6 Å². The highest BCUT2D eigenvalue weighted by Gasteiger charge is 2.30. The minimum atomic E-state index is -4.41. The monoisotopic (exact) mass is 420 g/mol. The summed E-state index contributed by atoms with van der Waals surface area (Å²) in [5, 5.41) is 5.18. The van der Waals surface area contributed by atoms with Crippen LogP contribution in [-0.4, -0.2) is 24.7 Å². The third kappa shape index (κ3) is 5.65. The zero-order valence-electron chi connectivity index (χ0n) is 16.4. The Morgan fingerprint density at radius 2 is 1.70 bits per heavy atom. The first-order valence-corrected chi connectivity index (χ1v) is 9.56. The molecule has 1 aliphatic rings. The second kappa shape index (κ2) is 9.06. The molecule has 0 bridgehead atoms. The smallest absolute Gasteiger partial charge is 0.416 e. The van der Waals surface area contributed by atoms with Gasteiger partial charge >= 0.3 is 12.2 Å². The molecule has 2 atom stereocenters. The third-order valence-corrected chi connectivity index (χ3v) is 4.89. The fraction of sp³-hybridized carbons (Fsp3) is 0.333. The van der Waals surface area contributed by atoms with Gasteiger partial charge in [-0.2, -0.15) is 13.2 Å². The van der Waals surface area contributed by atoms with Crippen LogP contribution < -0.4 is 16.4 Å². The van der Waals surface area contributed by atoms with Crippen LogP contribution in [0.1, 0.15) is 36.8 Å². The zero-order chi connectivity index (χ0) is 21.7. The van der Waals surface area contributed by atoms with Gasteiger partial charge in [0.1, 0.15) is 6.61 Å². The van der Waals surface area contributed by atoms with Gasteiger partial charge < -0.3 is 21.1 Å². The number of benzene rings is 2. The molecule has 3 rings (SSSR count). The topological polar surface area (TPSA) is 88.7 Å². The van der Waals surface area contributed by atoms with Gasteiger partial charge in [0.25, 0.3) is 6.02 Å². The summed E-state index contributed by atoms with van der Waals surface area (Å²) in [4.78, 5) is 16.4. The van der Waals surface area contributed by atoms with Crippen LogP contribution in [0.15, 0.2) is 53.5 Å². The predicted molar refractivity (Wildman–Crippen MR) is 110 cm³/mol. The molecule has 2 aromatic rings. The number of halogens is 3. The van der Waals surface area contributed by atoms with E-state index >= 15 is 0 Å². The minimum Gasteiger partial charge on any atom is -0.463 e. The molecule has 0 saturated carbocycles. The molecule has 4 N–H and O–H groups in total. The molecule has 1 unspecified atom stereocenters. The summed E-state index contributed by atoms with van der Waals surface area (Å²) in [7, 11) is 0. The van der Waals surface area contributed by atoms with E-state index in [1.54, 1.807) is 12.1 Å². The Bertz CT molecular complexity index is 896. The lowest BCUT2D eigenvalue weighted by Gasteiger charge is -2.18. The molecular weight excluding hydrogens is 397 g/mol. The van der Waals surface area contributed by atoms with Gasteiger partial charge in [-0.05, 0) is 60.7 Å². The Morgan fingerprint density at radius 3 is 2.17 bits per heavy atom. The Morgan fingerprint density at radius 1 is 1.13 bits per heavy atom. The zero-order valence-corrected chi connectivity index (χ0v) is 16.4. The molecule has 0 aliphatic carbocycles. The van der Waals surface area contributed by atoms with Gasteiger partial charge in [-0.3, -0.25) is 0 Å². The Hall–Kier alpha value is -3.23. The summed E-state index contributed by atoms with van der Waals surface area (Å²) in [6.07, 6.45) is -2.67. The summed E-state index contributed by atoms with van der Waals surface area (Å²) < 4.78 is 43.0. The number of carbonyl (C=O) groups excluding carboxylic acids is 1. The van der Waals surface area contributed by atoms with E-state index in [0.717, 1.165) is 30.5 Å². The fourth-order valence-electron chi connectivity index (χ4n) is 3.30. The maximum Gasteiger partial charge on any atom is 0.416 e. The van der Waals surface area contributed by atoms with Gasteiger partial charge in [-0.1, -0.05) is 19.1 Å². The third-order valence-electron chi connectivity index (χ3n) is 4.89. The molecule has 0 spiro atoms. The number of amides is 2. The van der Waals surface area contributed by atoms with E-state index in [2.05, 4.69) is 22.5 Å². The van der Waals surface area contributed by atoms with E-state index in [9.17, 15) is 18.0 Å². The molecular formula is C21H23F3N4O2. The number of amidine groups is 1. The number of anilines is 2. The first kappa shape index (κ1) is 21.5. The van der Waals surface area contributed by atoms with Gasteiger partial charge in [0, 0.05) is 11.4 Å². The van der Waals surface area contributed by atoms with Crippen molar-refractivity contribution in [2.75, 3.05) is 17.2 Å². The van der Waals surface area contributed by atoms with Crippen molar-refractivity contribution in [2.24, 2.45) is 10.7 Å². The lowest BCUT2D eigenvalue weighted by Crippen LogP contribution is -2.19. The molecule has 0 radical (unpaired) electrons. The molecule has 9 heteroatoms. The van der Waals surface area contributed by atoms with Crippen LogP contribution in [0.2, 0.25) is 0 Å². The molecule has 0 aromatic heterocycles. The molecule has 0 fully saturated rings. The normalized spacial score (nSPS) is 17.1. The van der Waals surface area contributed by atoms with Crippen LogP contribution in [-0.2, 0) is 10.9 Å². The van der Waals surface area contributed by atoms with Crippen LogP contribution in [0.4, 0.5) is 29.3 Å². The highest BCUT2D eigenvalue weighted by atomic mass is 19.4. The molecule has 30 heavy (non-hydrogen) atoms. The van der Waals surface area contributed by atoms with Gasteiger partial charge in [-0.25, -0.2) is 9.79 Å². The molecule has 2 aromatic carbocycles. The van der Waals surface area contributed by atoms with Crippen LogP contribution >= 0.6 is 0 Å². The van der Waals surface area contributed by atoms with Crippen molar-refractivity contribution < 1.29 is 22.7 Å². The van der Waals surface area contributed by atoms with Gasteiger partial charge in [-0.15, -0.1) is 0 Å². The van der Waals surface area contributed by atoms with Crippen LogP contribution in [0.5, 0.6) is 0 Å². The number of carbonyl (C=O) groups is 1. The number of ether oxygens (including phenoxy) is 1. The van der Waals surface area contributed by atoms with Gasteiger partial charge in [0.15, 0.2) is 0 Å². The van der Waals surface area contributed by atoms with Crippen LogP contribution in [0.25, 0.3) is 0 Å². The SMILES string of the molecule is CC[C@@H](CC1COC(N)=N1)c1ccc(NC(=O)Nc2ccc(C(F)(F)F)cc2)cc1. The van der Waals surface area contributed by atoms with Crippen molar-refractivity contribution in [2.45, 2.75) is 37.9 Å². The number of rotatable bonds is 6. The predicted octanol–water partition coefficient (Wildman–Crippen LogP) is 4.95. The lowest BCUT2D eigenvalue weighted by atomic mass is 9.90. The van der Waals surface area contributed by atoms with E-state index in [0.29, 0.717) is 12.3 Å². The Kier molecular flexibility index (Phi) is 6.49. The maximum absolute atomic E-state index is 12.6. The second-order valence-corrected chi connectivity index (χ2v) is 7.05. The average molecular weight is 420 g/mol. The molecule has 0 saturated heterocycles. The van der Waals surface area contributed by atoms with E-state index in [1.807, 2.05) is 12.1 Å². The first-order chi connectivity index (χ1) is 14.2. The first-order valence-electron chi connectivity index (χ1n) is 9.56. The largest absolute Gasteiger partial charge is 0.463 e. The van der Waals surface area contributed by atoms with Crippen molar-refractivity contribution in [3.63, 3.8) is 0 Å². The van der Waals surface area contributed by atoms with Crippen molar-refractivity contribution in [1.82, 2.24) is 0 Å². The number of hydrogen-bond acceptors (Lipinski definition) is 4. The summed E-state index contributed by atoms with van der Waals surface area (Å²) in [6, 6.07) is 11.4. The summed E-state index contributed by atoms with van der Waals surface area (Å²) >= 11 is 0. The summed E-state index contributed by atoms with van der Waals surface area (Å²) in [5.41, 5.74) is 6.75. The molecule has 1 aliphatic heterocycles. The van der Waals surface area contributed by atoms with E-state index in [1.165, 1.54) is 12.1 Å². The van der Waals surface area contributed by atoms with Crippen LogP contribution in [0.3, 0.4) is 0 Å². The quantitative estimate of drug-likeness (QED) is 0.618. The number of nitrogens with two attached hydrogens (primary N) is 1. The average Bonchev–Trinajstić information content (AvgIpc) is 3.11.